The molecule has 0 aliphatic carbocycles. The molecule has 0 rings (SSSR count). The van der Waals surface area contributed by atoms with E-state index >= 15 is 0 Å². The normalized spacial score (nSPS) is 14.2. The standard InChI is InChI=1S/C9H20O3S2/c1-9(7-10)8-13-5-3-4-6-14(2,11)12/h9-10H,3-8H2,1-2H3. The number of aliphatic hydroxyl groups excluding tert-OH is 1. The summed E-state index contributed by atoms with van der Waals surface area (Å²) in [7, 11) is -2.78. The van der Waals surface area contributed by atoms with Crippen molar-refractivity contribution in [1.29, 1.82) is 0 Å². The summed E-state index contributed by atoms with van der Waals surface area (Å²) < 4.78 is 21.6. The van der Waals surface area contributed by atoms with Gasteiger partial charge in [-0.3, -0.25) is 0 Å². The molecule has 0 saturated carbocycles. The van der Waals surface area contributed by atoms with Crippen LogP contribution in [0.3, 0.4) is 0 Å². The Morgan fingerprint density at radius 2 is 2.00 bits per heavy atom. The van der Waals surface area contributed by atoms with Crippen LogP contribution in [-0.4, -0.2) is 43.6 Å². The average Bonchev–Trinajstić information content (AvgIpc) is 2.08. The maximum atomic E-state index is 10.8. The summed E-state index contributed by atoms with van der Waals surface area (Å²) in [5.74, 6) is 2.58. The Bertz CT molecular complexity index is 224. The Balaban J connectivity index is 3.23. The average molecular weight is 240 g/mol. The van der Waals surface area contributed by atoms with Gasteiger partial charge in [0.15, 0.2) is 0 Å². The van der Waals surface area contributed by atoms with E-state index in [9.17, 15) is 8.42 Å². The molecule has 14 heavy (non-hydrogen) atoms. The molecule has 86 valence electrons. The van der Waals surface area contributed by atoms with Gasteiger partial charge in [-0.05, 0) is 30.3 Å². The molecule has 0 radical (unpaired) electrons. The van der Waals surface area contributed by atoms with E-state index in [1.807, 2.05) is 6.92 Å². The number of hydrogen-bond acceptors (Lipinski definition) is 4. The lowest BCUT2D eigenvalue weighted by Gasteiger charge is -2.06. The molecule has 0 amide bonds. The minimum absolute atomic E-state index is 0.232. The zero-order valence-corrected chi connectivity index (χ0v) is 10.5. The second kappa shape index (κ2) is 7.54. The highest BCUT2D eigenvalue weighted by Gasteiger charge is 2.02. The van der Waals surface area contributed by atoms with Gasteiger partial charge in [0.25, 0.3) is 0 Å². The van der Waals surface area contributed by atoms with Gasteiger partial charge < -0.3 is 5.11 Å². The Morgan fingerprint density at radius 3 is 2.50 bits per heavy atom. The smallest absolute Gasteiger partial charge is 0.147 e. The van der Waals surface area contributed by atoms with Crippen LogP contribution < -0.4 is 0 Å². The van der Waals surface area contributed by atoms with Gasteiger partial charge in [-0.15, -0.1) is 0 Å². The van der Waals surface area contributed by atoms with E-state index in [1.54, 1.807) is 11.8 Å². The zero-order valence-electron chi connectivity index (χ0n) is 8.90. The van der Waals surface area contributed by atoms with Gasteiger partial charge in [-0.1, -0.05) is 6.92 Å². The fourth-order valence-corrected chi connectivity index (χ4v) is 2.72. The Kier molecular flexibility index (Phi) is 7.68. The Hall–Kier alpha value is 0.260. The monoisotopic (exact) mass is 240 g/mol. The first-order valence-electron chi connectivity index (χ1n) is 4.82. The van der Waals surface area contributed by atoms with Gasteiger partial charge in [0.1, 0.15) is 9.84 Å². The van der Waals surface area contributed by atoms with Gasteiger partial charge in [-0.25, -0.2) is 8.42 Å². The Morgan fingerprint density at radius 1 is 1.36 bits per heavy atom. The second-order valence-electron chi connectivity index (χ2n) is 3.70. The lowest BCUT2D eigenvalue weighted by atomic mass is 10.2. The van der Waals surface area contributed by atoms with Crippen LogP contribution in [0.25, 0.3) is 0 Å². The van der Waals surface area contributed by atoms with Crippen molar-refractivity contribution in [2.75, 3.05) is 30.1 Å². The quantitative estimate of drug-likeness (QED) is 0.647. The molecule has 0 saturated heterocycles. The molecule has 0 spiro atoms. The first-order valence-corrected chi connectivity index (χ1v) is 8.03. The molecule has 0 aromatic carbocycles. The van der Waals surface area contributed by atoms with Crippen LogP contribution in [0.2, 0.25) is 0 Å². The maximum Gasteiger partial charge on any atom is 0.147 e. The number of sulfone groups is 1. The number of hydrogen-bond donors (Lipinski definition) is 1. The molecule has 1 atom stereocenters. The molecule has 0 aromatic heterocycles. The molecular weight excluding hydrogens is 220 g/mol. The highest BCUT2D eigenvalue weighted by atomic mass is 32.2. The lowest BCUT2D eigenvalue weighted by Crippen LogP contribution is -2.05. The topological polar surface area (TPSA) is 54.4 Å². The van der Waals surface area contributed by atoms with E-state index in [2.05, 4.69) is 0 Å². The molecule has 1 unspecified atom stereocenters. The number of unbranched alkanes of at least 4 members (excludes halogenated alkanes) is 1. The van der Waals surface area contributed by atoms with E-state index in [0.29, 0.717) is 11.7 Å². The molecule has 0 bridgehead atoms. The molecule has 3 nitrogen and oxygen atoms in total. The highest BCUT2D eigenvalue weighted by Crippen LogP contribution is 2.10. The third-order valence-electron chi connectivity index (χ3n) is 1.77. The number of aliphatic hydroxyl groups is 1. The molecular formula is C9H20O3S2. The molecule has 5 heteroatoms. The molecule has 0 aliphatic heterocycles. The first-order chi connectivity index (χ1) is 6.45. The van der Waals surface area contributed by atoms with Crippen molar-refractivity contribution in [3.05, 3.63) is 0 Å². The molecule has 0 aromatic rings. The van der Waals surface area contributed by atoms with E-state index in [0.717, 1.165) is 24.3 Å². The van der Waals surface area contributed by atoms with Crippen molar-refractivity contribution >= 4 is 21.6 Å². The fourth-order valence-electron chi connectivity index (χ4n) is 0.906. The minimum atomic E-state index is -2.78. The molecule has 1 N–H and O–H groups in total. The van der Waals surface area contributed by atoms with Crippen LogP contribution in [0, 0.1) is 5.92 Å². The van der Waals surface area contributed by atoms with Gasteiger partial charge >= 0.3 is 0 Å². The van der Waals surface area contributed by atoms with Crippen LogP contribution in [-0.2, 0) is 9.84 Å². The number of thioether (sulfide) groups is 1. The van der Waals surface area contributed by atoms with Gasteiger partial charge in [0.2, 0.25) is 0 Å². The summed E-state index contributed by atoms with van der Waals surface area (Å²) in [5.41, 5.74) is 0. The predicted molar refractivity (Wildman–Crippen MR) is 62.5 cm³/mol. The van der Waals surface area contributed by atoms with E-state index in [-0.39, 0.29) is 6.61 Å². The van der Waals surface area contributed by atoms with Crippen LogP contribution >= 0.6 is 11.8 Å². The Labute approximate surface area is 91.2 Å². The summed E-state index contributed by atoms with van der Waals surface area (Å²) in [5, 5.41) is 8.75. The summed E-state index contributed by atoms with van der Waals surface area (Å²) in [6, 6.07) is 0. The van der Waals surface area contributed by atoms with E-state index in [4.69, 9.17) is 5.11 Å². The van der Waals surface area contributed by atoms with Gasteiger partial charge in [-0.2, -0.15) is 11.8 Å². The third-order valence-corrected chi connectivity index (χ3v) is 4.18. The van der Waals surface area contributed by atoms with Crippen molar-refractivity contribution in [2.45, 2.75) is 19.8 Å². The fraction of sp³-hybridized carbons (Fsp3) is 1.00. The van der Waals surface area contributed by atoms with E-state index in [1.165, 1.54) is 6.26 Å². The zero-order chi connectivity index (χ0) is 11.0. The molecule has 0 fully saturated rings. The van der Waals surface area contributed by atoms with Crippen molar-refractivity contribution in [2.24, 2.45) is 5.92 Å². The second-order valence-corrected chi connectivity index (χ2v) is 7.11. The highest BCUT2D eigenvalue weighted by molar-refractivity contribution is 7.99. The summed E-state index contributed by atoms with van der Waals surface area (Å²) >= 11 is 1.78. The largest absolute Gasteiger partial charge is 0.396 e. The van der Waals surface area contributed by atoms with Crippen molar-refractivity contribution in [1.82, 2.24) is 0 Å². The van der Waals surface area contributed by atoms with Crippen LogP contribution in [0.5, 0.6) is 0 Å². The third kappa shape index (κ3) is 10.3. The maximum absolute atomic E-state index is 10.8. The van der Waals surface area contributed by atoms with E-state index < -0.39 is 9.84 Å². The lowest BCUT2D eigenvalue weighted by molar-refractivity contribution is 0.250. The number of rotatable bonds is 8. The van der Waals surface area contributed by atoms with Crippen LogP contribution in [0.1, 0.15) is 19.8 Å². The summed E-state index contributed by atoms with van der Waals surface area (Å²) in [4.78, 5) is 0. The van der Waals surface area contributed by atoms with Crippen molar-refractivity contribution < 1.29 is 13.5 Å². The van der Waals surface area contributed by atoms with Crippen LogP contribution in [0.4, 0.5) is 0 Å². The SMILES string of the molecule is CC(CO)CSCCCCS(C)(=O)=O. The summed E-state index contributed by atoms with van der Waals surface area (Å²) in [6.45, 7) is 2.24. The molecule has 0 aliphatic rings. The van der Waals surface area contributed by atoms with Gasteiger partial charge in [0.05, 0.1) is 0 Å². The first kappa shape index (κ1) is 14.3. The van der Waals surface area contributed by atoms with Crippen molar-refractivity contribution in [3.8, 4) is 0 Å². The van der Waals surface area contributed by atoms with Crippen LogP contribution in [0.15, 0.2) is 0 Å². The summed E-state index contributed by atoms with van der Waals surface area (Å²) in [6.07, 6.45) is 2.96. The van der Waals surface area contributed by atoms with Gasteiger partial charge in [0, 0.05) is 18.6 Å². The predicted octanol–water partition coefficient (Wildman–Crippen LogP) is 1.17. The minimum Gasteiger partial charge on any atom is -0.396 e. The molecule has 0 heterocycles. The van der Waals surface area contributed by atoms with Crippen molar-refractivity contribution in [3.63, 3.8) is 0 Å².